The van der Waals surface area contributed by atoms with Crippen molar-refractivity contribution in [3.63, 3.8) is 0 Å². The highest BCUT2D eigenvalue weighted by atomic mass is 32.1. The molecule has 2 rings (SSSR count). The molecule has 0 aliphatic carbocycles. The third-order valence-electron chi connectivity index (χ3n) is 3.23. The summed E-state index contributed by atoms with van der Waals surface area (Å²) >= 11 is 1.60. The summed E-state index contributed by atoms with van der Waals surface area (Å²) in [5.74, 6) is 0.230. The molecular weight excluding hydrogens is 240 g/mol. The Kier molecular flexibility index (Phi) is 3.67. The lowest BCUT2D eigenvalue weighted by Crippen LogP contribution is -2.03. The third-order valence-corrected chi connectivity index (χ3v) is 4.42. The molecule has 2 aromatic rings. The zero-order chi connectivity index (χ0) is 13.3. The van der Waals surface area contributed by atoms with Crippen LogP contribution in [0.5, 0.6) is 0 Å². The van der Waals surface area contributed by atoms with E-state index in [4.69, 9.17) is 0 Å². The van der Waals surface area contributed by atoms with E-state index in [2.05, 4.69) is 38.1 Å². The molecule has 0 amide bonds. The van der Waals surface area contributed by atoms with E-state index >= 15 is 0 Å². The van der Waals surface area contributed by atoms with Crippen molar-refractivity contribution in [2.24, 2.45) is 0 Å². The first-order valence-electron chi connectivity index (χ1n) is 6.13. The van der Waals surface area contributed by atoms with Gasteiger partial charge in [0.15, 0.2) is 5.78 Å². The van der Waals surface area contributed by atoms with E-state index in [1.165, 1.54) is 16.0 Å². The zero-order valence-corrected chi connectivity index (χ0v) is 12.1. The van der Waals surface area contributed by atoms with Gasteiger partial charge in [-0.3, -0.25) is 4.79 Å². The number of hydrogen-bond acceptors (Lipinski definition) is 2. The van der Waals surface area contributed by atoms with Gasteiger partial charge >= 0.3 is 0 Å². The largest absolute Gasteiger partial charge is 0.293 e. The number of aryl methyl sites for hydroxylation is 4. The van der Waals surface area contributed by atoms with Crippen LogP contribution in [0.4, 0.5) is 0 Å². The van der Waals surface area contributed by atoms with Gasteiger partial charge in [-0.2, -0.15) is 0 Å². The smallest absolute Gasteiger partial charge is 0.177 e. The highest BCUT2D eigenvalue weighted by molar-refractivity contribution is 7.14. The minimum absolute atomic E-state index is 0.230. The molecule has 2 heteroatoms. The second-order valence-corrected chi connectivity index (χ2v) is 6.14. The molecule has 1 aromatic carbocycles. The van der Waals surface area contributed by atoms with Gasteiger partial charge in [0, 0.05) is 11.3 Å². The lowest BCUT2D eigenvalue weighted by molar-refractivity contribution is 0.0996. The number of carbonyl (C=O) groups excluding carboxylic acids is 1. The van der Waals surface area contributed by atoms with E-state index in [1.54, 1.807) is 11.3 Å². The van der Waals surface area contributed by atoms with E-state index in [-0.39, 0.29) is 5.78 Å². The normalized spacial score (nSPS) is 10.7. The van der Waals surface area contributed by atoms with Crippen molar-refractivity contribution in [3.05, 3.63) is 56.3 Å². The van der Waals surface area contributed by atoms with Crippen molar-refractivity contribution in [1.29, 1.82) is 0 Å². The maximum Gasteiger partial charge on any atom is 0.177 e. The van der Waals surface area contributed by atoms with Crippen molar-refractivity contribution in [2.45, 2.75) is 34.1 Å². The van der Waals surface area contributed by atoms with Gasteiger partial charge in [0.1, 0.15) is 0 Å². The molecule has 94 valence electrons. The lowest BCUT2D eigenvalue weighted by Gasteiger charge is -2.04. The molecule has 0 fully saturated rings. The van der Waals surface area contributed by atoms with Crippen molar-refractivity contribution >= 4 is 17.1 Å². The quantitative estimate of drug-likeness (QED) is 0.745. The standard InChI is InChI=1S/C16H18OS/c1-10-5-6-14(8-11(10)2)9-15(17)16-12(3)7-13(4)18-16/h5-8H,9H2,1-4H3. The number of carbonyl (C=O) groups is 1. The number of ketones is 1. The maximum atomic E-state index is 12.3. The van der Waals surface area contributed by atoms with Gasteiger partial charge in [-0.05, 0) is 56.0 Å². The number of thiophene rings is 1. The summed E-state index contributed by atoms with van der Waals surface area (Å²) < 4.78 is 0. The van der Waals surface area contributed by atoms with Crippen molar-refractivity contribution < 1.29 is 4.79 Å². The molecule has 0 aliphatic rings. The van der Waals surface area contributed by atoms with Gasteiger partial charge in [-0.25, -0.2) is 0 Å². The highest BCUT2D eigenvalue weighted by Crippen LogP contribution is 2.23. The molecule has 0 saturated carbocycles. The number of benzene rings is 1. The summed E-state index contributed by atoms with van der Waals surface area (Å²) in [5.41, 5.74) is 4.73. The van der Waals surface area contributed by atoms with Crippen LogP contribution in [0.3, 0.4) is 0 Å². The summed E-state index contributed by atoms with van der Waals surface area (Å²) in [5, 5.41) is 0. The fraction of sp³-hybridized carbons (Fsp3) is 0.312. The summed E-state index contributed by atoms with van der Waals surface area (Å²) in [7, 11) is 0. The number of Topliss-reactive ketones (excluding diaryl/α,β-unsaturated/α-hetero) is 1. The monoisotopic (exact) mass is 258 g/mol. The number of rotatable bonds is 3. The molecule has 0 radical (unpaired) electrons. The molecule has 1 nitrogen and oxygen atoms in total. The van der Waals surface area contributed by atoms with Crippen LogP contribution < -0.4 is 0 Å². The molecule has 0 saturated heterocycles. The van der Waals surface area contributed by atoms with Gasteiger partial charge in [0.05, 0.1) is 4.88 Å². The first-order chi connectivity index (χ1) is 8.47. The van der Waals surface area contributed by atoms with Crippen LogP contribution in [-0.4, -0.2) is 5.78 Å². The molecule has 0 unspecified atom stereocenters. The fourth-order valence-electron chi connectivity index (χ4n) is 2.10. The molecule has 1 heterocycles. The average Bonchev–Trinajstić information content (AvgIpc) is 2.63. The third kappa shape index (κ3) is 2.70. The van der Waals surface area contributed by atoms with Gasteiger partial charge in [-0.15, -0.1) is 11.3 Å². The molecule has 0 atom stereocenters. The Labute approximate surface area is 112 Å². The Hall–Kier alpha value is -1.41. The Bertz CT molecular complexity index is 593. The van der Waals surface area contributed by atoms with E-state index in [9.17, 15) is 4.79 Å². The summed E-state index contributed by atoms with van der Waals surface area (Å²) in [6, 6.07) is 8.34. The van der Waals surface area contributed by atoms with Crippen LogP contribution in [0.1, 0.15) is 36.8 Å². The van der Waals surface area contributed by atoms with Gasteiger partial charge in [-0.1, -0.05) is 18.2 Å². The molecule has 0 bridgehead atoms. The second-order valence-electron chi connectivity index (χ2n) is 4.89. The summed E-state index contributed by atoms with van der Waals surface area (Å²) in [6.45, 7) is 8.24. The highest BCUT2D eigenvalue weighted by Gasteiger charge is 2.13. The Morgan fingerprint density at radius 3 is 2.28 bits per heavy atom. The van der Waals surface area contributed by atoms with Crippen LogP contribution in [0.25, 0.3) is 0 Å². The molecular formula is C16H18OS. The molecule has 0 aliphatic heterocycles. The minimum atomic E-state index is 0.230. The summed E-state index contributed by atoms with van der Waals surface area (Å²) in [6.07, 6.45) is 0.502. The van der Waals surface area contributed by atoms with Crippen LogP contribution >= 0.6 is 11.3 Å². The molecule has 0 spiro atoms. The van der Waals surface area contributed by atoms with Gasteiger partial charge in [0.25, 0.3) is 0 Å². The maximum absolute atomic E-state index is 12.3. The predicted octanol–water partition coefficient (Wildman–Crippen LogP) is 4.41. The first kappa shape index (κ1) is 13.0. The topological polar surface area (TPSA) is 17.1 Å². The molecule has 1 aromatic heterocycles. The fourth-order valence-corrected chi connectivity index (χ4v) is 3.06. The summed E-state index contributed by atoms with van der Waals surface area (Å²) in [4.78, 5) is 14.4. The Morgan fingerprint density at radius 1 is 1.00 bits per heavy atom. The van der Waals surface area contributed by atoms with Crippen LogP contribution in [0.2, 0.25) is 0 Å². The van der Waals surface area contributed by atoms with Crippen molar-refractivity contribution in [3.8, 4) is 0 Å². The van der Waals surface area contributed by atoms with E-state index in [0.29, 0.717) is 6.42 Å². The van der Waals surface area contributed by atoms with E-state index in [1.807, 2.05) is 13.8 Å². The van der Waals surface area contributed by atoms with Crippen LogP contribution in [0, 0.1) is 27.7 Å². The van der Waals surface area contributed by atoms with Crippen LogP contribution in [-0.2, 0) is 6.42 Å². The van der Waals surface area contributed by atoms with Crippen LogP contribution in [0.15, 0.2) is 24.3 Å². The van der Waals surface area contributed by atoms with Crippen molar-refractivity contribution in [1.82, 2.24) is 0 Å². The van der Waals surface area contributed by atoms with Gasteiger partial charge in [0.2, 0.25) is 0 Å². The molecule has 0 N–H and O–H groups in total. The van der Waals surface area contributed by atoms with E-state index < -0.39 is 0 Å². The average molecular weight is 258 g/mol. The Balaban J connectivity index is 2.21. The van der Waals surface area contributed by atoms with E-state index in [0.717, 1.165) is 16.0 Å². The Morgan fingerprint density at radius 2 is 1.72 bits per heavy atom. The second kappa shape index (κ2) is 5.07. The SMILES string of the molecule is Cc1cc(C)c(C(=O)Cc2ccc(C)c(C)c2)s1. The first-order valence-corrected chi connectivity index (χ1v) is 6.95. The van der Waals surface area contributed by atoms with Crippen molar-refractivity contribution in [2.75, 3.05) is 0 Å². The van der Waals surface area contributed by atoms with Gasteiger partial charge < -0.3 is 0 Å². The molecule has 18 heavy (non-hydrogen) atoms. The minimum Gasteiger partial charge on any atom is -0.293 e. The lowest BCUT2D eigenvalue weighted by atomic mass is 10.0. The zero-order valence-electron chi connectivity index (χ0n) is 11.3. The predicted molar refractivity (Wildman–Crippen MR) is 77.7 cm³/mol. The number of hydrogen-bond donors (Lipinski definition) is 0.